The van der Waals surface area contributed by atoms with Gasteiger partial charge in [0.1, 0.15) is 11.0 Å². The molecule has 5 heteroatoms. The van der Waals surface area contributed by atoms with E-state index in [-0.39, 0.29) is 5.91 Å². The zero-order valence-corrected chi connectivity index (χ0v) is 11.5. The summed E-state index contributed by atoms with van der Waals surface area (Å²) < 4.78 is 5.93. The molecule has 0 radical (unpaired) electrons. The number of carboxylic acids is 1. The molecule has 5 nitrogen and oxygen atoms in total. The second-order valence-corrected chi connectivity index (χ2v) is 6.13. The van der Waals surface area contributed by atoms with E-state index in [1.807, 2.05) is 36.4 Å². The van der Waals surface area contributed by atoms with Crippen LogP contribution in [0.4, 0.5) is 5.69 Å². The fourth-order valence-electron chi connectivity index (χ4n) is 3.92. The maximum Gasteiger partial charge on any atom is 0.313 e. The molecule has 4 rings (SSSR count). The van der Waals surface area contributed by atoms with E-state index in [0.717, 1.165) is 5.69 Å². The molecule has 0 aromatic heterocycles. The van der Waals surface area contributed by atoms with Gasteiger partial charge in [-0.05, 0) is 19.1 Å². The Morgan fingerprint density at radius 3 is 2.76 bits per heavy atom. The number of hydrogen-bond donors (Lipinski definition) is 1. The number of para-hydroxylation sites is 1. The lowest BCUT2D eigenvalue weighted by molar-refractivity contribution is -0.154. The van der Waals surface area contributed by atoms with Crippen molar-refractivity contribution in [3.8, 4) is 0 Å². The summed E-state index contributed by atoms with van der Waals surface area (Å²) in [4.78, 5) is 26.2. The van der Waals surface area contributed by atoms with Gasteiger partial charge >= 0.3 is 5.97 Å². The van der Waals surface area contributed by atoms with Gasteiger partial charge in [-0.2, -0.15) is 0 Å². The number of carbonyl (C=O) groups is 2. The SMILES string of the molecule is C[C@@]1(C(=O)O)[C@H]2C(=O)N(c3ccccc3)C[C@]23C=C[C@H]1O3. The van der Waals surface area contributed by atoms with Crippen molar-refractivity contribution >= 4 is 17.6 Å². The van der Waals surface area contributed by atoms with Gasteiger partial charge in [0.05, 0.1) is 18.6 Å². The van der Waals surface area contributed by atoms with Crippen LogP contribution in [0.15, 0.2) is 42.5 Å². The van der Waals surface area contributed by atoms with Crippen molar-refractivity contribution < 1.29 is 19.4 Å². The van der Waals surface area contributed by atoms with Crippen LogP contribution >= 0.6 is 0 Å². The molecule has 3 aliphatic rings. The van der Waals surface area contributed by atoms with Gasteiger partial charge in [0.2, 0.25) is 5.91 Å². The number of nitrogens with zero attached hydrogens (tertiary/aromatic N) is 1. The number of fused-ring (bicyclic) bond motifs is 1. The van der Waals surface area contributed by atoms with Crippen molar-refractivity contribution in [1.82, 2.24) is 0 Å². The summed E-state index contributed by atoms with van der Waals surface area (Å²) in [6.45, 7) is 1.98. The Morgan fingerprint density at radius 1 is 1.38 bits per heavy atom. The zero-order chi connectivity index (χ0) is 14.8. The normalized spacial score (nSPS) is 39.9. The van der Waals surface area contributed by atoms with Crippen LogP contribution in [0.25, 0.3) is 0 Å². The van der Waals surface area contributed by atoms with E-state index < -0.39 is 29.0 Å². The molecular weight excluding hydrogens is 270 g/mol. The lowest BCUT2D eigenvalue weighted by atomic mass is 9.66. The number of carbonyl (C=O) groups excluding carboxylic acids is 1. The minimum atomic E-state index is -1.20. The van der Waals surface area contributed by atoms with Crippen LogP contribution in [0.3, 0.4) is 0 Å². The largest absolute Gasteiger partial charge is 0.481 e. The van der Waals surface area contributed by atoms with Gasteiger partial charge in [0, 0.05) is 5.69 Å². The maximum absolute atomic E-state index is 12.8. The smallest absolute Gasteiger partial charge is 0.313 e. The van der Waals surface area contributed by atoms with Gasteiger partial charge in [-0.3, -0.25) is 9.59 Å². The number of carboxylic acid groups (broad SMARTS) is 1. The first-order valence-electron chi connectivity index (χ1n) is 6.96. The summed E-state index contributed by atoms with van der Waals surface area (Å²) in [5, 5.41) is 9.63. The third-order valence-corrected chi connectivity index (χ3v) is 5.03. The highest BCUT2D eigenvalue weighted by Gasteiger charge is 2.73. The first-order chi connectivity index (χ1) is 9.99. The Labute approximate surface area is 121 Å². The molecule has 1 amide bonds. The Morgan fingerprint density at radius 2 is 2.10 bits per heavy atom. The molecule has 2 bridgehead atoms. The second kappa shape index (κ2) is 3.74. The summed E-state index contributed by atoms with van der Waals surface area (Å²) in [5.41, 5.74) is -1.22. The summed E-state index contributed by atoms with van der Waals surface area (Å²) in [5.74, 6) is -1.82. The number of rotatable bonds is 2. The lowest BCUT2D eigenvalue weighted by Gasteiger charge is -2.30. The minimum absolute atomic E-state index is 0.169. The number of benzene rings is 1. The van der Waals surface area contributed by atoms with Gasteiger partial charge in [-0.1, -0.05) is 30.4 Å². The standard InChI is InChI=1S/C16H15NO4/c1-15(14(19)20)11-7-8-16(21-11)9-17(13(18)12(15)16)10-5-3-2-4-6-10/h2-8,11-12H,9H2,1H3,(H,19,20)/t11-,12-,15+,16-/m1/s1. The minimum Gasteiger partial charge on any atom is -0.481 e. The molecule has 0 aliphatic carbocycles. The molecule has 0 unspecified atom stereocenters. The van der Waals surface area contributed by atoms with Crippen molar-refractivity contribution in [3.63, 3.8) is 0 Å². The van der Waals surface area contributed by atoms with Gasteiger partial charge in [0.15, 0.2) is 0 Å². The van der Waals surface area contributed by atoms with Gasteiger partial charge in [-0.25, -0.2) is 0 Å². The topological polar surface area (TPSA) is 66.8 Å². The number of hydrogen-bond acceptors (Lipinski definition) is 3. The van der Waals surface area contributed by atoms with Crippen LogP contribution in [0.1, 0.15) is 6.92 Å². The first kappa shape index (κ1) is 12.6. The molecule has 1 spiro atoms. The fraction of sp³-hybridized carbons (Fsp3) is 0.375. The van der Waals surface area contributed by atoms with E-state index in [1.54, 1.807) is 17.9 Å². The second-order valence-electron chi connectivity index (χ2n) is 6.13. The first-order valence-corrected chi connectivity index (χ1v) is 6.96. The Bertz CT molecular complexity index is 670. The van der Waals surface area contributed by atoms with E-state index >= 15 is 0 Å². The molecule has 4 atom stereocenters. The quantitative estimate of drug-likeness (QED) is 0.835. The summed E-state index contributed by atoms with van der Waals surface area (Å²) in [7, 11) is 0. The highest BCUT2D eigenvalue weighted by Crippen LogP contribution is 2.58. The van der Waals surface area contributed by atoms with Crippen molar-refractivity contribution in [1.29, 1.82) is 0 Å². The molecular formula is C16H15NO4. The number of anilines is 1. The molecule has 1 N–H and O–H groups in total. The summed E-state index contributed by atoms with van der Waals surface area (Å²) in [6, 6.07) is 9.30. The van der Waals surface area contributed by atoms with Crippen molar-refractivity contribution in [2.75, 3.05) is 11.4 Å². The highest BCUT2D eigenvalue weighted by atomic mass is 16.5. The van der Waals surface area contributed by atoms with Gasteiger partial charge < -0.3 is 14.7 Å². The van der Waals surface area contributed by atoms with Crippen molar-refractivity contribution in [2.24, 2.45) is 11.3 Å². The van der Waals surface area contributed by atoms with Crippen LogP contribution in [0, 0.1) is 11.3 Å². The predicted octanol–water partition coefficient (Wildman–Crippen LogP) is 1.45. The van der Waals surface area contributed by atoms with Crippen molar-refractivity contribution in [3.05, 3.63) is 42.5 Å². The molecule has 2 saturated heterocycles. The summed E-state index contributed by atoms with van der Waals surface area (Å²) in [6.07, 6.45) is 3.13. The van der Waals surface area contributed by atoms with E-state index in [0.29, 0.717) is 6.54 Å². The Hall–Kier alpha value is -2.14. The predicted molar refractivity (Wildman–Crippen MR) is 74.8 cm³/mol. The zero-order valence-electron chi connectivity index (χ0n) is 11.5. The fourth-order valence-corrected chi connectivity index (χ4v) is 3.92. The average molecular weight is 285 g/mol. The monoisotopic (exact) mass is 285 g/mol. The number of ether oxygens (including phenoxy) is 1. The lowest BCUT2D eigenvalue weighted by Crippen LogP contribution is -2.47. The van der Waals surface area contributed by atoms with E-state index in [9.17, 15) is 14.7 Å². The molecule has 3 heterocycles. The third kappa shape index (κ3) is 1.34. The molecule has 0 saturated carbocycles. The van der Waals surface area contributed by atoms with E-state index in [4.69, 9.17) is 4.74 Å². The molecule has 108 valence electrons. The molecule has 2 fully saturated rings. The Kier molecular flexibility index (Phi) is 2.24. The number of aliphatic carboxylic acids is 1. The van der Waals surface area contributed by atoms with Gasteiger partial charge in [0.25, 0.3) is 0 Å². The van der Waals surface area contributed by atoms with Crippen LogP contribution in [0.5, 0.6) is 0 Å². The van der Waals surface area contributed by atoms with Crippen LogP contribution in [-0.4, -0.2) is 35.2 Å². The molecule has 1 aromatic carbocycles. The number of amides is 1. The van der Waals surface area contributed by atoms with Crippen molar-refractivity contribution in [2.45, 2.75) is 18.6 Å². The molecule has 1 aromatic rings. The van der Waals surface area contributed by atoms with Crippen LogP contribution in [0.2, 0.25) is 0 Å². The maximum atomic E-state index is 12.8. The molecule has 3 aliphatic heterocycles. The van der Waals surface area contributed by atoms with Crippen LogP contribution in [-0.2, 0) is 14.3 Å². The third-order valence-electron chi connectivity index (χ3n) is 5.03. The van der Waals surface area contributed by atoms with Gasteiger partial charge in [-0.15, -0.1) is 0 Å². The van der Waals surface area contributed by atoms with E-state index in [2.05, 4.69) is 0 Å². The highest BCUT2D eigenvalue weighted by molar-refractivity contribution is 6.03. The van der Waals surface area contributed by atoms with Crippen LogP contribution < -0.4 is 4.90 Å². The van der Waals surface area contributed by atoms with E-state index in [1.165, 1.54) is 0 Å². The summed E-state index contributed by atoms with van der Waals surface area (Å²) >= 11 is 0. The average Bonchev–Trinajstić information content (AvgIpc) is 3.09. The molecule has 21 heavy (non-hydrogen) atoms. The Balaban J connectivity index is 1.81.